The first-order valence-electron chi connectivity index (χ1n) is 7.04. The molecule has 1 unspecified atom stereocenters. The highest BCUT2D eigenvalue weighted by Crippen LogP contribution is 2.24. The van der Waals surface area contributed by atoms with Crippen LogP contribution in [0.1, 0.15) is 23.7 Å². The van der Waals surface area contributed by atoms with Crippen LogP contribution >= 0.6 is 15.9 Å². The normalized spacial score (nSPS) is 11.5. The van der Waals surface area contributed by atoms with Crippen molar-refractivity contribution in [1.29, 1.82) is 0 Å². The van der Waals surface area contributed by atoms with Crippen LogP contribution in [0.4, 0.5) is 4.79 Å². The van der Waals surface area contributed by atoms with Gasteiger partial charge in [0.1, 0.15) is 6.10 Å². The van der Waals surface area contributed by atoms with E-state index < -0.39 is 6.09 Å². The van der Waals surface area contributed by atoms with Crippen molar-refractivity contribution >= 4 is 22.0 Å². The van der Waals surface area contributed by atoms with E-state index in [4.69, 9.17) is 4.74 Å². The highest BCUT2D eigenvalue weighted by Gasteiger charge is 2.15. The van der Waals surface area contributed by atoms with E-state index in [2.05, 4.69) is 27.8 Å². The Labute approximate surface area is 139 Å². The number of halogens is 1. The molecule has 1 amide bonds. The molecule has 0 bridgehead atoms. The number of rotatable bonds is 6. The molecule has 0 fully saturated rings. The van der Waals surface area contributed by atoms with Crippen LogP contribution in [0.5, 0.6) is 0 Å². The van der Waals surface area contributed by atoms with Crippen molar-refractivity contribution in [2.45, 2.75) is 19.1 Å². The number of ether oxygens (including phenoxy) is 1. The molecule has 0 saturated carbocycles. The summed E-state index contributed by atoms with van der Waals surface area (Å²) in [6.07, 6.45) is 1.53. The Bertz CT molecular complexity index is 628. The van der Waals surface area contributed by atoms with Crippen molar-refractivity contribution in [1.82, 2.24) is 5.32 Å². The highest BCUT2D eigenvalue weighted by atomic mass is 79.9. The van der Waals surface area contributed by atoms with Gasteiger partial charge in [-0.25, -0.2) is 4.79 Å². The molecule has 0 spiro atoms. The molecule has 0 aromatic heterocycles. The van der Waals surface area contributed by atoms with E-state index in [1.807, 2.05) is 54.6 Å². The van der Waals surface area contributed by atoms with Crippen molar-refractivity contribution in [3.05, 3.63) is 82.9 Å². The van der Waals surface area contributed by atoms with Crippen molar-refractivity contribution in [2.24, 2.45) is 0 Å². The van der Waals surface area contributed by atoms with Crippen LogP contribution < -0.4 is 5.32 Å². The molecule has 22 heavy (non-hydrogen) atoms. The summed E-state index contributed by atoms with van der Waals surface area (Å²) in [6, 6.07) is 17.4. The molecule has 0 aliphatic carbocycles. The Morgan fingerprint density at radius 2 is 2.00 bits per heavy atom. The van der Waals surface area contributed by atoms with Crippen LogP contribution in [0.3, 0.4) is 0 Å². The lowest BCUT2D eigenvalue weighted by atomic mass is 10.1. The minimum absolute atomic E-state index is 0.342. The molecule has 3 nitrogen and oxygen atoms in total. The van der Waals surface area contributed by atoms with E-state index in [9.17, 15) is 4.79 Å². The summed E-state index contributed by atoms with van der Waals surface area (Å²) in [7, 11) is 0. The van der Waals surface area contributed by atoms with E-state index in [-0.39, 0.29) is 6.10 Å². The second-order valence-electron chi connectivity index (χ2n) is 4.81. The predicted molar refractivity (Wildman–Crippen MR) is 91.5 cm³/mol. The first-order valence-corrected chi connectivity index (χ1v) is 7.83. The SMILES string of the molecule is C=CCC(OC(=O)NCc1ccccc1)c1cccc(Br)c1. The summed E-state index contributed by atoms with van der Waals surface area (Å²) in [5.41, 5.74) is 1.96. The van der Waals surface area contributed by atoms with Crippen molar-refractivity contribution in [2.75, 3.05) is 0 Å². The van der Waals surface area contributed by atoms with Gasteiger partial charge in [0.05, 0.1) is 0 Å². The molecule has 0 aliphatic heterocycles. The largest absolute Gasteiger partial charge is 0.441 e. The molecule has 1 atom stereocenters. The Morgan fingerprint density at radius 1 is 1.23 bits per heavy atom. The maximum absolute atomic E-state index is 12.0. The zero-order valence-corrected chi connectivity index (χ0v) is 13.8. The van der Waals surface area contributed by atoms with E-state index in [1.54, 1.807) is 6.08 Å². The fraction of sp³-hybridized carbons (Fsp3) is 0.167. The van der Waals surface area contributed by atoms with Crippen molar-refractivity contribution in [3.8, 4) is 0 Å². The number of carbonyl (C=O) groups excluding carboxylic acids is 1. The van der Waals surface area contributed by atoms with Gasteiger partial charge in [0.2, 0.25) is 0 Å². The molecular formula is C18H18BrNO2. The Morgan fingerprint density at radius 3 is 2.68 bits per heavy atom. The van der Waals surface area contributed by atoms with E-state index >= 15 is 0 Å². The minimum Gasteiger partial charge on any atom is -0.441 e. The molecular weight excluding hydrogens is 342 g/mol. The number of carbonyl (C=O) groups is 1. The Hall–Kier alpha value is -2.07. The van der Waals surface area contributed by atoms with Crippen molar-refractivity contribution in [3.63, 3.8) is 0 Å². The Balaban J connectivity index is 1.95. The van der Waals surface area contributed by atoms with Crippen LogP contribution in [0.25, 0.3) is 0 Å². The van der Waals surface area contributed by atoms with Gasteiger partial charge >= 0.3 is 6.09 Å². The highest BCUT2D eigenvalue weighted by molar-refractivity contribution is 9.10. The van der Waals surface area contributed by atoms with Gasteiger partial charge in [-0.2, -0.15) is 0 Å². The number of nitrogens with one attached hydrogen (secondary N) is 1. The quantitative estimate of drug-likeness (QED) is 0.737. The molecule has 2 aromatic carbocycles. The lowest BCUT2D eigenvalue weighted by Gasteiger charge is -2.17. The number of alkyl carbamates (subject to hydrolysis) is 1. The fourth-order valence-corrected chi connectivity index (χ4v) is 2.47. The standard InChI is InChI=1S/C18H18BrNO2/c1-2-7-17(15-10-6-11-16(19)12-15)22-18(21)20-13-14-8-4-3-5-9-14/h2-6,8-12,17H,1,7,13H2,(H,20,21). The van der Waals surface area contributed by atoms with Gasteiger partial charge in [-0.15, -0.1) is 6.58 Å². The third-order valence-electron chi connectivity index (χ3n) is 3.13. The van der Waals surface area contributed by atoms with Gasteiger partial charge in [0.15, 0.2) is 0 Å². The predicted octanol–water partition coefficient (Wildman–Crippen LogP) is 4.99. The van der Waals surface area contributed by atoms with Crippen LogP contribution in [0.15, 0.2) is 71.7 Å². The third-order valence-corrected chi connectivity index (χ3v) is 3.62. The van der Waals surface area contributed by atoms with E-state index in [1.165, 1.54) is 0 Å². The molecule has 4 heteroatoms. The number of hydrogen-bond acceptors (Lipinski definition) is 2. The van der Waals surface area contributed by atoms with Gasteiger partial charge in [-0.3, -0.25) is 0 Å². The number of hydrogen-bond donors (Lipinski definition) is 1. The molecule has 2 rings (SSSR count). The van der Waals surface area contributed by atoms with Crippen LogP contribution in [0, 0.1) is 0 Å². The zero-order chi connectivity index (χ0) is 15.8. The molecule has 0 aliphatic rings. The second kappa shape index (κ2) is 8.39. The maximum atomic E-state index is 12.0. The average molecular weight is 360 g/mol. The molecule has 114 valence electrons. The summed E-state index contributed by atoms with van der Waals surface area (Å²) in [5.74, 6) is 0. The molecule has 2 aromatic rings. The first kappa shape index (κ1) is 16.3. The van der Waals surface area contributed by atoms with Gasteiger partial charge in [0, 0.05) is 17.4 Å². The zero-order valence-electron chi connectivity index (χ0n) is 12.2. The van der Waals surface area contributed by atoms with Gasteiger partial charge in [-0.05, 0) is 23.3 Å². The minimum atomic E-state index is -0.435. The summed E-state index contributed by atoms with van der Waals surface area (Å²) < 4.78 is 6.46. The lowest BCUT2D eigenvalue weighted by molar-refractivity contribution is 0.0984. The number of benzene rings is 2. The van der Waals surface area contributed by atoms with E-state index in [0.717, 1.165) is 15.6 Å². The Kier molecular flexibility index (Phi) is 6.22. The molecule has 1 N–H and O–H groups in total. The van der Waals surface area contributed by atoms with Gasteiger partial charge < -0.3 is 10.1 Å². The lowest BCUT2D eigenvalue weighted by Crippen LogP contribution is -2.25. The van der Waals surface area contributed by atoms with Crippen LogP contribution in [-0.4, -0.2) is 6.09 Å². The summed E-state index contributed by atoms with van der Waals surface area (Å²) in [6.45, 7) is 4.17. The summed E-state index contributed by atoms with van der Waals surface area (Å²) in [5, 5.41) is 2.77. The molecule has 0 radical (unpaired) electrons. The van der Waals surface area contributed by atoms with Crippen LogP contribution in [-0.2, 0) is 11.3 Å². The average Bonchev–Trinajstić information content (AvgIpc) is 2.53. The first-order chi connectivity index (χ1) is 10.7. The van der Waals surface area contributed by atoms with Crippen LogP contribution in [0.2, 0.25) is 0 Å². The summed E-state index contributed by atoms with van der Waals surface area (Å²) in [4.78, 5) is 12.0. The molecule has 0 heterocycles. The smallest absolute Gasteiger partial charge is 0.408 e. The van der Waals surface area contributed by atoms with Gasteiger partial charge in [-0.1, -0.05) is 64.5 Å². The second-order valence-corrected chi connectivity index (χ2v) is 5.73. The van der Waals surface area contributed by atoms with Crippen molar-refractivity contribution < 1.29 is 9.53 Å². The third kappa shape index (κ3) is 5.04. The molecule has 0 saturated heterocycles. The van der Waals surface area contributed by atoms with Gasteiger partial charge in [0.25, 0.3) is 0 Å². The fourth-order valence-electron chi connectivity index (χ4n) is 2.05. The summed E-state index contributed by atoms with van der Waals surface area (Å²) >= 11 is 3.43. The number of amides is 1. The maximum Gasteiger partial charge on any atom is 0.408 e. The topological polar surface area (TPSA) is 38.3 Å². The monoisotopic (exact) mass is 359 g/mol. The van der Waals surface area contributed by atoms with E-state index in [0.29, 0.717) is 13.0 Å².